The Labute approximate surface area is 105 Å². The summed E-state index contributed by atoms with van der Waals surface area (Å²) >= 11 is 0. The predicted octanol–water partition coefficient (Wildman–Crippen LogP) is 2.64. The molecular formula is C15H24N2. The number of nitrogens with zero attached hydrogens (tertiary/aromatic N) is 1. The molecule has 1 unspecified atom stereocenters. The quantitative estimate of drug-likeness (QED) is 0.858. The summed E-state index contributed by atoms with van der Waals surface area (Å²) in [6.07, 6.45) is 0. The highest BCUT2D eigenvalue weighted by Gasteiger charge is 2.29. The van der Waals surface area contributed by atoms with Gasteiger partial charge in [0, 0.05) is 25.7 Å². The van der Waals surface area contributed by atoms with Gasteiger partial charge in [-0.15, -0.1) is 0 Å². The van der Waals surface area contributed by atoms with Crippen LogP contribution in [0.5, 0.6) is 0 Å². The molecule has 17 heavy (non-hydrogen) atoms. The van der Waals surface area contributed by atoms with E-state index in [1.807, 2.05) is 7.05 Å². The third-order valence-electron chi connectivity index (χ3n) is 4.14. The predicted molar refractivity (Wildman–Crippen MR) is 72.9 cm³/mol. The fourth-order valence-corrected chi connectivity index (χ4v) is 2.62. The highest BCUT2D eigenvalue weighted by atomic mass is 15.1. The Kier molecular flexibility index (Phi) is 3.55. The van der Waals surface area contributed by atoms with Crippen molar-refractivity contribution in [3.63, 3.8) is 0 Å². The summed E-state index contributed by atoms with van der Waals surface area (Å²) < 4.78 is 0. The lowest BCUT2D eigenvalue weighted by Gasteiger charge is -2.35. The molecule has 0 fully saturated rings. The van der Waals surface area contributed by atoms with Crippen molar-refractivity contribution >= 4 is 0 Å². The summed E-state index contributed by atoms with van der Waals surface area (Å²) in [6.45, 7) is 10.3. The molecule has 2 rings (SSSR count). The van der Waals surface area contributed by atoms with Crippen molar-refractivity contribution in [2.75, 3.05) is 13.6 Å². The van der Waals surface area contributed by atoms with E-state index in [2.05, 4.69) is 55.3 Å². The molecule has 1 N–H and O–H groups in total. The van der Waals surface area contributed by atoms with Crippen LogP contribution in [0.3, 0.4) is 0 Å². The SMILES string of the molecule is CNC(C)C(C)(C)CN1Cc2ccccc2C1. The van der Waals surface area contributed by atoms with Gasteiger partial charge in [0.25, 0.3) is 0 Å². The van der Waals surface area contributed by atoms with Gasteiger partial charge >= 0.3 is 0 Å². The Balaban J connectivity index is 2.00. The Morgan fingerprint density at radius 1 is 1.24 bits per heavy atom. The second-order valence-electron chi connectivity index (χ2n) is 5.91. The first-order valence-electron chi connectivity index (χ1n) is 6.49. The van der Waals surface area contributed by atoms with Gasteiger partial charge in [-0.3, -0.25) is 4.90 Å². The largest absolute Gasteiger partial charge is 0.317 e. The van der Waals surface area contributed by atoms with Crippen LogP contribution in [0.2, 0.25) is 0 Å². The van der Waals surface area contributed by atoms with Crippen molar-refractivity contribution in [1.29, 1.82) is 0 Å². The summed E-state index contributed by atoms with van der Waals surface area (Å²) in [6, 6.07) is 9.33. The molecule has 1 aliphatic rings. The van der Waals surface area contributed by atoms with Crippen LogP contribution in [-0.2, 0) is 13.1 Å². The summed E-state index contributed by atoms with van der Waals surface area (Å²) in [4.78, 5) is 2.55. The highest BCUT2D eigenvalue weighted by Crippen LogP contribution is 2.28. The second kappa shape index (κ2) is 4.79. The Hall–Kier alpha value is -0.860. The van der Waals surface area contributed by atoms with Gasteiger partial charge in [-0.1, -0.05) is 38.1 Å². The average molecular weight is 232 g/mol. The Bertz CT molecular complexity index is 359. The van der Waals surface area contributed by atoms with Crippen molar-refractivity contribution in [2.24, 2.45) is 5.41 Å². The van der Waals surface area contributed by atoms with Gasteiger partial charge in [-0.2, -0.15) is 0 Å². The van der Waals surface area contributed by atoms with Crippen LogP contribution in [0.25, 0.3) is 0 Å². The van der Waals surface area contributed by atoms with E-state index in [0.717, 1.165) is 19.6 Å². The molecular weight excluding hydrogens is 208 g/mol. The van der Waals surface area contributed by atoms with Gasteiger partial charge in [-0.05, 0) is 30.5 Å². The summed E-state index contributed by atoms with van der Waals surface area (Å²) in [5.41, 5.74) is 3.30. The zero-order valence-corrected chi connectivity index (χ0v) is 11.5. The first-order valence-corrected chi connectivity index (χ1v) is 6.49. The zero-order valence-electron chi connectivity index (χ0n) is 11.5. The molecule has 0 aromatic heterocycles. The van der Waals surface area contributed by atoms with Crippen LogP contribution in [-0.4, -0.2) is 24.5 Å². The lowest BCUT2D eigenvalue weighted by molar-refractivity contribution is 0.146. The van der Waals surface area contributed by atoms with E-state index in [-0.39, 0.29) is 0 Å². The summed E-state index contributed by atoms with van der Waals surface area (Å²) in [7, 11) is 2.05. The molecule has 1 atom stereocenters. The molecule has 1 heterocycles. The molecule has 0 spiro atoms. The minimum absolute atomic E-state index is 0.302. The van der Waals surface area contributed by atoms with Gasteiger partial charge in [0.1, 0.15) is 0 Å². The fourth-order valence-electron chi connectivity index (χ4n) is 2.62. The van der Waals surface area contributed by atoms with Crippen LogP contribution in [0.1, 0.15) is 31.9 Å². The topological polar surface area (TPSA) is 15.3 Å². The van der Waals surface area contributed by atoms with Crippen LogP contribution in [0.4, 0.5) is 0 Å². The van der Waals surface area contributed by atoms with E-state index in [9.17, 15) is 0 Å². The molecule has 1 aromatic rings. The molecule has 94 valence electrons. The number of nitrogens with one attached hydrogen (secondary N) is 1. The molecule has 0 saturated carbocycles. The van der Waals surface area contributed by atoms with Gasteiger partial charge in [0.15, 0.2) is 0 Å². The maximum atomic E-state index is 3.37. The van der Waals surface area contributed by atoms with E-state index in [1.54, 1.807) is 0 Å². The van der Waals surface area contributed by atoms with Crippen molar-refractivity contribution in [1.82, 2.24) is 10.2 Å². The number of hydrogen-bond donors (Lipinski definition) is 1. The molecule has 0 bridgehead atoms. The first kappa shape index (κ1) is 12.6. The summed E-state index contributed by atoms with van der Waals surface area (Å²) in [5.74, 6) is 0. The molecule has 1 aliphatic heterocycles. The minimum atomic E-state index is 0.302. The van der Waals surface area contributed by atoms with E-state index in [4.69, 9.17) is 0 Å². The fraction of sp³-hybridized carbons (Fsp3) is 0.600. The van der Waals surface area contributed by atoms with E-state index < -0.39 is 0 Å². The lowest BCUT2D eigenvalue weighted by atomic mass is 9.85. The van der Waals surface area contributed by atoms with Gasteiger partial charge in [0.2, 0.25) is 0 Å². The summed E-state index contributed by atoms with van der Waals surface area (Å²) in [5, 5.41) is 3.37. The normalized spacial score (nSPS) is 18.1. The lowest BCUT2D eigenvalue weighted by Crippen LogP contribution is -2.44. The van der Waals surface area contributed by atoms with E-state index >= 15 is 0 Å². The third kappa shape index (κ3) is 2.70. The number of benzene rings is 1. The van der Waals surface area contributed by atoms with Crippen molar-refractivity contribution in [2.45, 2.75) is 39.9 Å². The van der Waals surface area contributed by atoms with Gasteiger partial charge in [0.05, 0.1) is 0 Å². The molecule has 0 amide bonds. The standard InChI is InChI=1S/C15H24N2/c1-12(16-4)15(2,3)11-17-9-13-7-5-6-8-14(13)10-17/h5-8,12,16H,9-11H2,1-4H3. The average Bonchev–Trinajstić information content (AvgIpc) is 2.68. The van der Waals surface area contributed by atoms with Crippen LogP contribution < -0.4 is 5.32 Å². The molecule has 0 aliphatic carbocycles. The Morgan fingerprint density at radius 2 is 1.76 bits per heavy atom. The molecule has 2 heteroatoms. The van der Waals surface area contributed by atoms with Gasteiger partial charge < -0.3 is 5.32 Å². The molecule has 1 aromatic carbocycles. The minimum Gasteiger partial charge on any atom is -0.317 e. The van der Waals surface area contributed by atoms with Crippen molar-refractivity contribution in [3.8, 4) is 0 Å². The van der Waals surface area contributed by atoms with Crippen LogP contribution in [0.15, 0.2) is 24.3 Å². The molecule has 0 saturated heterocycles. The van der Waals surface area contributed by atoms with E-state index in [1.165, 1.54) is 11.1 Å². The van der Waals surface area contributed by atoms with Crippen molar-refractivity contribution in [3.05, 3.63) is 35.4 Å². The first-order chi connectivity index (χ1) is 8.03. The number of hydrogen-bond acceptors (Lipinski definition) is 2. The van der Waals surface area contributed by atoms with Crippen LogP contribution >= 0.6 is 0 Å². The smallest absolute Gasteiger partial charge is 0.0240 e. The monoisotopic (exact) mass is 232 g/mol. The Morgan fingerprint density at radius 3 is 2.24 bits per heavy atom. The zero-order chi connectivity index (χ0) is 12.5. The maximum absolute atomic E-state index is 3.37. The third-order valence-corrected chi connectivity index (χ3v) is 4.14. The molecule has 0 radical (unpaired) electrons. The van der Waals surface area contributed by atoms with Crippen molar-refractivity contribution < 1.29 is 0 Å². The van der Waals surface area contributed by atoms with E-state index in [0.29, 0.717) is 11.5 Å². The maximum Gasteiger partial charge on any atom is 0.0240 e. The number of fused-ring (bicyclic) bond motifs is 1. The van der Waals surface area contributed by atoms with Crippen LogP contribution in [0, 0.1) is 5.41 Å². The molecule has 2 nitrogen and oxygen atoms in total. The second-order valence-corrected chi connectivity index (χ2v) is 5.91. The van der Waals surface area contributed by atoms with Gasteiger partial charge in [-0.25, -0.2) is 0 Å². The number of rotatable bonds is 4. The highest BCUT2D eigenvalue weighted by molar-refractivity contribution is 5.30.